The summed E-state index contributed by atoms with van der Waals surface area (Å²) in [4.78, 5) is 27.6. The number of amides is 1. The van der Waals surface area contributed by atoms with Crippen molar-refractivity contribution >= 4 is 29.3 Å². The predicted molar refractivity (Wildman–Crippen MR) is 80.8 cm³/mol. The van der Waals surface area contributed by atoms with Gasteiger partial charge in [0.25, 0.3) is 0 Å². The van der Waals surface area contributed by atoms with E-state index in [1.54, 1.807) is 25.1 Å². The molecule has 118 valence electrons. The lowest BCUT2D eigenvalue weighted by molar-refractivity contribution is -0.116. The van der Waals surface area contributed by atoms with Gasteiger partial charge < -0.3 is 10.1 Å². The van der Waals surface area contributed by atoms with Crippen LogP contribution in [0.15, 0.2) is 24.5 Å². The molecule has 9 heteroatoms. The highest BCUT2D eigenvalue weighted by atomic mass is 35.5. The molecule has 2 aromatic heterocycles. The molecule has 0 aliphatic rings. The predicted octanol–water partition coefficient (Wildman–Crippen LogP) is 1.62. The first-order valence-corrected chi connectivity index (χ1v) is 6.97. The van der Waals surface area contributed by atoms with Crippen molar-refractivity contribution in [2.24, 2.45) is 0 Å². The van der Waals surface area contributed by atoms with E-state index in [1.807, 2.05) is 0 Å². The van der Waals surface area contributed by atoms with Crippen molar-refractivity contribution in [3.8, 4) is 6.07 Å². The monoisotopic (exact) mass is 333 g/mol. The van der Waals surface area contributed by atoms with Gasteiger partial charge in [0.15, 0.2) is 5.69 Å². The third kappa shape index (κ3) is 4.28. The number of rotatable bonds is 5. The van der Waals surface area contributed by atoms with E-state index in [0.717, 1.165) is 0 Å². The zero-order valence-corrected chi connectivity index (χ0v) is 12.9. The van der Waals surface area contributed by atoms with E-state index in [9.17, 15) is 9.59 Å². The first-order chi connectivity index (χ1) is 11.0. The molecule has 0 aromatic carbocycles. The van der Waals surface area contributed by atoms with Crippen molar-refractivity contribution in [1.82, 2.24) is 14.8 Å². The fourth-order valence-electron chi connectivity index (χ4n) is 1.72. The van der Waals surface area contributed by atoms with Gasteiger partial charge in [-0.3, -0.25) is 9.48 Å². The second kappa shape index (κ2) is 7.38. The molecular weight excluding hydrogens is 322 g/mol. The number of nitrogens with zero attached hydrogens (tertiary/aromatic N) is 4. The van der Waals surface area contributed by atoms with Crippen molar-refractivity contribution < 1.29 is 14.3 Å². The van der Waals surface area contributed by atoms with Gasteiger partial charge in [0, 0.05) is 12.4 Å². The van der Waals surface area contributed by atoms with Crippen LogP contribution in [0.3, 0.4) is 0 Å². The number of pyridine rings is 1. The Kier molecular flexibility index (Phi) is 5.28. The normalized spacial score (nSPS) is 9.96. The van der Waals surface area contributed by atoms with Gasteiger partial charge in [0.1, 0.15) is 24.0 Å². The lowest BCUT2D eigenvalue weighted by atomic mass is 10.3. The Morgan fingerprint density at radius 3 is 2.87 bits per heavy atom. The molecule has 1 N–H and O–H groups in total. The average Bonchev–Trinajstić information content (AvgIpc) is 2.92. The van der Waals surface area contributed by atoms with Gasteiger partial charge in [0.05, 0.1) is 11.6 Å². The quantitative estimate of drug-likeness (QED) is 0.832. The summed E-state index contributed by atoms with van der Waals surface area (Å²) in [5.74, 6) is -0.741. The van der Waals surface area contributed by atoms with Crippen LogP contribution in [-0.2, 0) is 16.1 Å². The molecule has 0 saturated heterocycles. The lowest BCUT2D eigenvalue weighted by Crippen LogP contribution is -2.19. The maximum Gasteiger partial charge on any atom is 0.342 e. The Hall–Kier alpha value is -2.92. The van der Waals surface area contributed by atoms with Gasteiger partial charge in [-0.25, -0.2) is 9.78 Å². The number of esters is 1. The summed E-state index contributed by atoms with van der Waals surface area (Å²) in [7, 11) is 0. The molecular formula is C14H12ClN5O3. The van der Waals surface area contributed by atoms with Gasteiger partial charge in [-0.05, 0) is 19.1 Å². The number of halogens is 1. The molecule has 0 fully saturated rings. The van der Waals surface area contributed by atoms with Gasteiger partial charge >= 0.3 is 5.97 Å². The summed E-state index contributed by atoms with van der Waals surface area (Å²) < 4.78 is 6.02. The Labute approximate surface area is 136 Å². The molecule has 1 amide bonds. The molecule has 0 radical (unpaired) electrons. The minimum atomic E-state index is -0.657. The van der Waals surface area contributed by atoms with E-state index in [0.29, 0.717) is 10.8 Å². The largest absolute Gasteiger partial charge is 0.462 e. The van der Waals surface area contributed by atoms with Crippen molar-refractivity contribution in [2.45, 2.75) is 13.5 Å². The summed E-state index contributed by atoms with van der Waals surface area (Å²) in [6.07, 6.45) is 2.70. The molecule has 0 atom stereocenters. The number of hydrogen-bond acceptors (Lipinski definition) is 6. The van der Waals surface area contributed by atoms with Crippen LogP contribution in [-0.4, -0.2) is 33.2 Å². The Bertz CT molecular complexity index is 764. The van der Waals surface area contributed by atoms with Crippen LogP contribution in [0, 0.1) is 11.3 Å². The number of anilines is 1. The number of carbonyl (C=O) groups is 2. The van der Waals surface area contributed by atoms with Crippen LogP contribution in [0.25, 0.3) is 0 Å². The highest BCUT2D eigenvalue weighted by molar-refractivity contribution is 6.30. The fraction of sp³-hybridized carbons (Fsp3) is 0.214. The van der Waals surface area contributed by atoms with Crippen LogP contribution in [0.4, 0.5) is 5.82 Å². The zero-order chi connectivity index (χ0) is 16.8. The van der Waals surface area contributed by atoms with Gasteiger partial charge in [-0.15, -0.1) is 0 Å². The number of hydrogen-bond donors (Lipinski definition) is 1. The van der Waals surface area contributed by atoms with E-state index in [4.69, 9.17) is 21.6 Å². The van der Waals surface area contributed by atoms with E-state index >= 15 is 0 Å². The summed E-state index contributed by atoms with van der Waals surface area (Å²) >= 11 is 5.71. The van der Waals surface area contributed by atoms with Crippen LogP contribution in [0.1, 0.15) is 23.0 Å². The molecule has 2 heterocycles. The molecule has 0 aliphatic carbocycles. The Morgan fingerprint density at radius 1 is 1.48 bits per heavy atom. The van der Waals surface area contributed by atoms with Crippen molar-refractivity contribution in [3.63, 3.8) is 0 Å². The summed E-state index contributed by atoms with van der Waals surface area (Å²) in [5.41, 5.74) is -0.0763. The van der Waals surface area contributed by atoms with Crippen molar-refractivity contribution in [1.29, 1.82) is 5.26 Å². The van der Waals surface area contributed by atoms with Crippen molar-refractivity contribution in [3.05, 3.63) is 40.8 Å². The maximum atomic E-state index is 11.9. The molecule has 8 nitrogen and oxygen atoms in total. The number of ether oxygens (including phenoxy) is 1. The summed E-state index contributed by atoms with van der Waals surface area (Å²) in [6.45, 7) is 1.65. The second-order valence-corrected chi connectivity index (χ2v) is 4.77. The summed E-state index contributed by atoms with van der Waals surface area (Å²) in [5, 5.41) is 15.9. The first kappa shape index (κ1) is 16.5. The lowest BCUT2D eigenvalue weighted by Gasteiger charge is -2.04. The third-order valence-corrected chi connectivity index (χ3v) is 2.89. The molecule has 2 aromatic rings. The number of nitrogens with one attached hydrogen (secondary N) is 1. The number of aromatic nitrogens is 3. The highest BCUT2D eigenvalue weighted by Crippen LogP contribution is 2.10. The molecule has 0 saturated carbocycles. The smallest absolute Gasteiger partial charge is 0.342 e. The molecule has 23 heavy (non-hydrogen) atoms. The molecule has 0 unspecified atom stereocenters. The number of carbonyl (C=O) groups excluding carboxylic acids is 2. The highest BCUT2D eigenvalue weighted by Gasteiger charge is 2.18. The Morgan fingerprint density at radius 2 is 2.26 bits per heavy atom. The fourth-order valence-corrected chi connectivity index (χ4v) is 1.83. The third-order valence-electron chi connectivity index (χ3n) is 2.66. The van der Waals surface area contributed by atoms with E-state index in [-0.39, 0.29) is 24.4 Å². The van der Waals surface area contributed by atoms with Crippen LogP contribution < -0.4 is 5.32 Å². The minimum Gasteiger partial charge on any atom is -0.462 e. The molecule has 0 bridgehead atoms. The number of nitriles is 1. The average molecular weight is 334 g/mol. The maximum absolute atomic E-state index is 11.9. The van der Waals surface area contributed by atoms with E-state index in [2.05, 4.69) is 15.4 Å². The Balaban J connectivity index is 2.07. The second-order valence-electron chi connectivity index (χ2n) is 4.33. The van der Waals surface area contributed by atoms with E-state index in [1.165, 1.54) is 17.1 Å². The van der Waals surface area contributed by atoms with Gasteiger partial charge in [0.2, 0.25) is 5.91 Å². The van der Waals surface area contributed by atoms with Crippen LogP contribution in [0.5, 0.6) is 0 Å². The minimum absolute atomic E-state index is 0.0202. The zero-order valence-electron chi connectivity index (χ0n) is 12.1. The SMILES string of the molecule is CCOC(=O)c1cn(CC(=O)Nc2ccc(Cl)cn2)nc1C#N. The summed E-state index contributed by atoms with van der Waals surface area (Å²) in [6, 6.07) is 4.93. The van der Waals surface area contributed by atoms with Gasteiger partial charge in [-0.2, -0.15) is 10.4 Å². The molecule has 0 spiro atoms. The topological polar surface area (TPSA) is 110 Å². The van der Waals surface area contributed by atoms with Gasteiger partial charge in [-0.1, -0.05) is 11.6 Å². The van der Waals surface area contributed by atoms with Crippen molar-refractivity contribution in [2.75, 3.05) is 11.9 Å². The standard InChI is InChI=1S/C14H12ClN5O3/c1-2-23-14(22)10-7-20(19-11(10)5-16)8-13(21)18-12-4-3-9(15)6-17-12/h3-4,6-7H,2,8H2,1H3,(H,17,18,21). The van der Waals surface area contributed by atoms with Crippen LogP contribution in [0.2, 0.25) is 5.02 Å². The van der Waals surface area contributed by atoms with Crippen LogP contribution >= 0.6 is 11.6 Å². The molecule has 2 rings (SSSR count). The molecule has 0 aliphatic heterocycles. The van der Waals surface area contributed by atoms with E-state index < -0.39 is 11.9 Å². The first-order valence-electron chi connectivity index (χ1n) is 6.59.